The molecule has 1 atom stereocenters. The van der Waals surface area contributed by atoms with Gasteiger partial charge in [0.1, 0.15) is 19.0 Å². The first-order chi connectivity index (χ1) is 16.3. The quantitative estimate of drug-likeness (QED) is 0.339. The Morgan fingerprint density at radius 2 is 1.76 bits per heavy atom. The van der Waals surface area contributed by atoms with Gasteiger partial charge in [-0.1, -0.05) is 43.1 Å². The SMILES string of the molecule is CCN(CC)CCN1C(=O)C(=O)C(=C(O)c2ccc3c(c2)OCCO3)[C@@H]1c1ccc(Cl)cc1Cl. The average molecular weight is 505 g/mol. The summed E-state index contributed by atoms with van der Waals surface area (Å²) in [6, 6.07) is 8.95. The molecule has 2 aliphatic rings. The zero-order valence-corrected chi connectivity index (χ0v) is 20.5. The summed E-state index contributed by atoms with van der Waals surface area (Å²) in [5.74, 6) is -0.714. The molecule has 0 unspecified atom stereocenters. The number of ether oxygens (including phenoxy) is 2. The van der Waals surface area contributed by atoms with Crippen molar-refractivity contribution < 1.29 is 24.2 Å². The average Bonchev–Trinajstić information content (AvgIpc) is 3.08. The van der Waals surface area contributed by atoms with Gasteiger partial charge in [-0.05, 0) is 49.0 Å². The highest BCUT2D eigenvalue weighted by molar-refractivity contribution is 6.47. The van der Waals surface area contributed by atoms with Gasteiger partial charge in [-0.25, -0.2) is 0 Å². The van der Waals surface area contributed by atoms with E-state index in [9.17, 15) is 14.7 Å². The van der Waals surface area contributed by atoms with Gasteiger partial charge >= 0.3 is 0 Å². The molecule has 0 aliphatic carbocycles. The number of ketones is 1. The lowest BCUT2D eigenvalue weighted by Crippen LogP contribution is -2.38. The first-order valence-corrected chi connectivity index (χ1v) is 12.0. The molecule has 0 radical (unpaired) electrons. The molecule has 1 saturated heterocycles. The van der Waals surface area contributed by atoms with E-state index in [2.05, 4.69) is 4.90 Å². The van der Waals surface area contributed by atoms with Crippen molar-refractivity contribution >= 4 is 40.7 Å². The summed E-state index contributed by atoms with van der Waals surface area (Å²) in [5.41, 5.74) is 0.843. The number of benzene rings is 2. The Hall–Kier alpha value is -2.74. The topological polar surface area (TPSA) is 79.3 Å². The number of amides is 1. The molecular formula is C25H26Cl2N2O5. The number of likely N-dealkylation sites (N-methyl/N-ethyl adjacent to an activating group) is 1. The standard InChI is InChI=1S/C25H26Cl2N2O5/c1-3-28(4-2)9-10-29-22(17-7-6-16(26)14-18(17)27)21(24(31)25(29)32)23(30)15-5-8-19-20(13-15)34-12-11-33-19/h5-8,13-14,22,30H,3-4,9-12H2,1-2H3/t22-/m0/s1. The van der Waals surface area contributed by atoms with E-state index in [0.29, 0.717) is 59.0 Å². The maximum Gasteiger partial charge on any atom is 0.295 e. The predicted molar refractivity (Wildman–Crippen MR) is 131 cm³/mol. The number of Topliss-reactive ketones (excluding diaryl/α,β-unsaturated/α-hetero) is 1. The molecule has 1 N–H and O–H groups in total. The van der Waals surface area contributed by atoms with Gasteiger partial charge in [0, 0.05) is 28.7 Å². The Kier molecular flexibility index (Phi) is 7.36. The summed E-state index contributed by atoms with van der Waals surface area (Å²) >= 11 is 12.6. The van der Waals surface area contributed by atoms with Crippen molar-refractivity contribution in [3.05, 3.63) is 63.1 Å². The van der Waals surface area contributed by atoms with Gasteiger partial charge in [-0.2, -0.15) is 0 Å². The van der Waals surface area contributed by atoms with Crippen LogP contribution in [0.15, 0.2) is 42.0 Å². The van der Waals surface area contributed by atoms with Gasteiger partial charge in [0.25, 0.3) is 11.7 Å². The number of hydrogen-bond acceptors (Lipinski definition) is 6. The van der Waals surface area contributed by atoms with E-state index in [1.807, 2.05) is 13.8 Å². The fourth-order valence-corrected chi connectivity index (χ4v) is 4.80. The van der Waals surface area contributed by atoms with Crippen molar-refractivity contribution in [1.82, 2.24) is 9.80 Å². The van der Waals surface area contributed by atoms with E-state index in [0.717, 1.165) is 13.1 Å². The molecule has 4 rings (SSSR count). The number of hydrogen-bond donors (Lipinski definition) is 1. The van der Waals surface area contributed by atoms with Crippen LogP contribution in [0.25, 0.3) is 5.76 Å². The third-order valence-corrected chi connectivity index (χ3v) is 6.73. The molecule has 2 aromatic rings. The van der Waals surface area contributed by atoms with Gasteiger partial charge in [-0.3, -0.25) is 9.59 Å². The molecule has 0 aromatic heterocycles. The summed E-state index contributed by atoms with van der Waals surface area (Å²) in [4.78, 5) is 30.0. The van der Waals surface area contributed by atoms with Crippen LogP contribution in [0.3, 0.4) is 0 Å². The molecule has 2 heterocycles. The van der Waals surface area contributed by atoms with Crippen LogP contribution < -0.4 is 9.47 Å². The van der Waals surface area contributed by atoms with Crippen LogP contribution in [0.5, 0.6) is 11.5 Å². The van der Waals surface area contributed by atoms with Crippen molar-refractivity contribution in [2.24, 2.45) is 0 Å². The molecule has 0 saturated carbocycles. The van der Waals surface area contributed by atoms with E-state index in [1.54, 1.807) is 36.4 Å². The first kappa shape index (κ1) is 24.4. The molecule has 0 bridgehead atoms. The Bertz CT molecular complexity index is 1150. The molecular weight excluding hydrogens is 479 g/mol. The lowest BCUT2D eigenvalue weighted by atomic mass is 9.95. The van der Waals surface area contributed by atoms with E-state index >= 15 is 0 Å². The van der Waals surface area contributed by atoms with Crippen molar-refractivity contribution in [2.45, 2.75) is 19.9 Å². The number of aliphatic hydroxyl groups is 1. The second kappa shape index (κ2) is 10.3. The fourth-order valence-electron chi connectivity index (χ4n) is 4.29. The highest BCUT2D eigenvalue weighted by Gasteiger charge is 2.46. The number of carbonyl (C=O) groups excluding carboxylic acids is 2. The number of carbonyl (C=O) groups is 2. The molecule has 7 nitrogen and oxygen atoms in total. The third-order valence-electron chi connectivity index (χ3n) is 6.16. The molecule has 9 heteroatoms. The minimum atomic E-state index is -0.853. The molecule has 180 valence electrons. The smallest absolute Gasteiger partial charge is 0.295 e. The monoisotopic (exact) mass is 504 g/mol. The van der Waals surface area contributed by atoms with Crippen LogP contribution in [0.2, 0.25) is 10.0 Å². The van der Waals surface area contributed by atoms with E-state index in [1.165, 1.54) is 4.90 Å². The summed E-state index contributed by atoms with van der Waals surface area (Å²) < 4.78 is 11.2. The number of likely N-dealkylation sites (tertiary alicyclic amines) is 1. The van der Waals surface area contributed by atoms with Gasteiger partial charge in [0.2, 0.25) is 0 Å². The van der Waals surface area contributed by atoms with Crippen LogP contribution in [0.1, 0.15) is 31.0 Å². The molecule has 34 heavy (non-hydrogen) atoms. The van der Waals surface area contributed by atoms with Crippen LogP contribution in [-0.4, -0.2) is 66.0 Å². The van der Waals surface area contributed by atoms with Crippen LogP contribution >= 0.6 is 23.2 Å². The van der Waals surface area contributed by atoms with E-state index in [-0.39, 0.29) is 11.3 Å². The van der Waals surface area contributed by atoms with E-state index < -0.39 is 17.7 Å². The van der Waals surface area contributed by atoms with Gasteiger partial charge in [0.15, 0.2) is 11.5 Å². The Balaban J connectivity index is 1.82. The Labute approximate surface area is 208 Å². The number of halogens is 2. The second-order valence-corrected chi connectivity index (χ2v) is 8.89. The van der Waals surface area contributed by atoms with Crippen LogP contribution in [0, 0.1) is 0 Å². The van der Waals surface area contributed by atoms with E-state index in [4.69, 9.17) is 32.7 Å². The zero-order chi connectivity index (χ0) is 24.4. The fraction of sp³-hybridized carbons (Fsp3) is 0.360. The highest BCUT2D eigenvalue weighted by Crippen LogP contribution is 2.43. The number of fused-ring (bicyclic) bond motifs is 1. The zero-order valence-electron chi connectivity index (χ0n) is 19.0. The molecule has 0 spiro atoms. The minimum absolute atomic E-state index is 0.0227. The van der Waals surface area contributed by atoms with Crippen LogP contribution in [-0.2, 0) is 9.59 Å². The Morgan fingerprint density at radius 1 is 1.06 bits per heavy atom. The molecule has 1 fully saturated rings. The molecule has 1 amide bonds. The molecule has 2 aromatic carbocycles. The van der Waals surface area contributed by atoms with Crippen molar-refractivity contribution in [3.8, 4) is 11.5 Å². The van der Waals surface area contributed by atoms with Crippen molar-refractivity contribution in [1.29, 1.82) is 0 Å². The van der Waals surface area contributed by atoms with Crippen molar-refractivity contribution in [2.75, 3.05) is 39.4 Å². The summed E-state index contributed by atoms with van der Waals surface area (Å²) in [6.45, 7) is 7.38. The highest BCUT2D eigenvalue weighted by atomic mass is 35.5. The second-order valence-electron chi connectivity index (χ2n) is 8.04. The normalized spacial score (nSPS) is 19.2. The number of rotatable bonds is 7. The molecule has 2 aliphatic heterocycles. The largest absolute Gasteiger partial charge is 0.507 e. The first-order valence-electron chi connectivity index (χ1n) is 11.2. The summed E-state index contributed by atoms with van der Waals surface area (Å²) in [7, 11) is 0. The number of aliphatic hydroxyl groups excluding tert-OH is 1. The lowest BCUT2D eigenvalue weighted by Gasteiger charge is -2.28. The van der Waals surface area contributed by atoms with Gasteiger partial charge < -0.3 is 24.4 Å². The predicted octanol–water partition coefficient (Wildman–Crippen LogP) is 4.53. The summed E-state index contributed by atoms with van der Waals surface area (Å²) in [6.07, 6.45) is 0. The van der Waals surface area contributed by atoms with Crippen molar-refractivity contribution in [3.63, 3.8) is 0 Å². The van der Waals surface area contributed by atoms with Crippen LogP contribution in [0.4, 0.5) is 0 Å². The van der Waals surface area contributed by atoms with Gasteiger partial charge in [-0.15, -0.1) is 0 Å². The van der Waals surface area contributed by atoms with Gasteiger partial charge in [0.05, 0.1) is 11.6 Å². The minimum Gasteiger partial charge on any atom is -0.507 e. The maximum absolute atomic E-state index is 13.2. The summed E-state index contributed by atoms with van der Waals surface area (Å²) in [5, 5.41) is 12.0. The third kappa shape index (κ3) is 4.60. The lowest BCUT2D eigenvalue weighted by molar-refractivity contribution is -0.140. The Morgan fingerprint density at radius 3 is 2.44 bits per heavy atom. The maximum atomic E-state index is 13.2. The number of nitrogens with zero attached hydrogens (tertiary/aromatic N) is 2.